The summed E-state index contributed by atoms with van der Waals surface area (Å²) in [4.78, 5) is 9.87. The number of methoxy groups -OCH3 is 4. The van der Waals surface area contributed by atoms with Crippen LogP contribution >= 0.6 is 0 Å². The van der Waals surface area contributed by atoms with Gasteiger partial charge in [0.05, 0.1) is 52.4 Å². The van der Waals surface area contributed by atoms with Crippen molar-refractivity contribution in [3.63, 3.8) is 0 Å². The molecular formula is C22H28N4O6. The van der Waals surface area contributed by atoms with E-state index >= 15 is 0 Å². The normalized spacial score (nSPS) is 11.3. The van der Waals surface area contributed by atoms with Crippen LogP contribution in [0, 0.1) is 11.3 Å². The van der Waals surface area contributed by atoms with Crippen molar-refractivity contribution in [2.75, 3.05) is 40.8 Å². The SMILES string of the molecule is COc1ccc(C=C(C#N)c2cc(OC)c(OC)c(OC)c2)cc1N.NC(=O)[C@H](N)CO. The number of primary amides is 1. The van der Waals surface area contributed by atoms with Crippen molar-refractivity contribution < 1.29 is 28.8 Å². The maximum absolute atomic E-state index is 9.87. The van der Waals surface area contributed by atoms with E-state index in [1.807, 2.05) is 6.07 Å². The third kappa shape index (κ3) is 6.80. The molecule has 0 unspecified atom stereocenters. The molecule has 32 heavy (non-hydrogen) atoms. The quantitative estimate of drug-likeness (QED) is 0.264. The number of hydrogen-bond acceptors (Lipinski definition) is 9. The highest BCUT2D eigenvalue weighted by molar-refractivity contribution is 5.91. The Hall–Kier alpha value is -3.94. The highest BCUT2D eigenvalue weighted by Gasteiger charge is 2.15. The smallest absolute Gasteiger partial charge is 0.236 e. The van der Waals surface area contributed by atoms with Gasteiger partial charge >= 0.3 is 0 Å². The number of amides is 1. The lowest BCUT2D eigenvalue weighted by Crippen LogP contribution is -2.39. The van der Waals surface area contributed by atoms with Crippen LogP contribution in [-0.4, -0.2) is 52.1 Å². The van der Waals surface area contributed by atoms with Gasteiger partial charge in [0.25, 0.3) is 0 Å². The zero-order valence-electron chi connectivity index (χ0n) is 18.4. The molecule has 7 N–H and O–H groups in total. The predicted molar refractivity (Wildman–Crippen MR) is 121 cm³/mol. The Morgan fingerprint density at radius 2 is 1.62 bits per heavy atom. The van der Waals surface area contributed by atoms with Crippen molar-refractivity contribution in [3.8, 4) is 29.1 Å². The predicted octanol–water partition coefficient (Wildman–Crippen LogP) is 1.16. The second kappa shape index (κ2) is 12.7. The number of nitrogen functional groups attached to an aromatic ring is 1. The molecule has 0 radical (unpaired) electrons. The molecule has 1 atom stereocenters. The molecule has 0 spiro atoms. The fourth-order valence-electron chi connectivity index (χ4n) is 2.52. The summed E-state index contributed by atoms with van der Waals surface area (Å²) in [5.41, 5.74) is 17.8. The lowest BCUT2D eigenvalue weighted by Gasteiger charge is -2.14. The molecule has 0 aromatic heterocycles. The van der Waals surface area contributed by atoms with Gasteiger partial charge in [-0.25, -0.2) is 0 Å². The summed E-state index contributed by atoms with van der Waals surface area (Å²) < 4.78 is 21.1. The number of nitrogens with two attached hydrogens (primary N) is 3. The number of benzene rings is 2. The summed E-state index contributed by atoms with van der Waals surface area (Å²) in [5, 5.41) is 17.7. The summed E-state index contributed by atoms with van der Waals surface area (Å²) in [6.07, 6.45) is 1.73. The van der Waals surface area contributed by atoms with Gasteiger partial charge in [0.1, 0.15) is 11.8 Å². The third-order valence-electron chi connectivity index (χ3n) is 4.22. The Bertz CT molecular complexity index is 975. The van der Waals surface area contributed by atoms with E-state index in [1.54, 1.807) is 37.5 Å². The molecule has 2 aromatic carbocycles. The zero-order chi connectivity index (χ0) is 24.3. The van der Waals surface area contributed by atoms with Crippen molar-refractivity contribution in [1.82, 2.24) is 0 Å². The van der Waals surface area contributed by atoms with E-state index in [0.29, 0.717) is 39.8 Å². The summed E-state index contributed by atoms with van der Waals surface area (Å²) in [7, 11) is 6.14. The lowest BCUT2D eigenvalue weighted by molar-refractivity contribution is -0.120. The van der Waals surface area contributed by atoms with Crippen LogP contribution in [-0.2, 0) is 4.79 Å². The van der Waals surface area contributed by atoms with Crippen LogP contribution in [0.25, 0.3) is 11.6 Å². The van der Waals surface area contributed by atoms with Gasteiger partial charge < -0.3 is 41.3 Å². The molecule has 0 aliphatic heterocycles. The Balaban J connectivity index is 0.000000633. The van der Waals surface area contributed by atoms with E-state index < -0.39 is 11.9 Å². The van der Waals surface area contributed by atoms with Crippen molar-refractivity contribution >= 4 is 23.2 Å². The number of carbonyl (C=O) groups is 1. The summed E-state index contributed by atoms with van der Waals surface area (Å²) >= 11 is 0. The Morgan fingerprint density at radius 3 is 1.97 bits per heavy atom. The molecule has 0 bridgehead atoms. The van der Waals surface area contributed by atoms with Crippen LogP contribution in [0.4, 0.5) is 5.69 Å². The molecule has 0 saturated carbocycles. The van der Waals surface area contributed by atoms with Crippen molar-refractivity contribution in [1.29, 1.82) is 5.26 Å². The number of anilines is 1. The van der Waals surface area contributed by atoms with Gasteiger partial charge in [-0.2, -0.15) is 5.26 Å². The minimum Gasteiger partial charge on any atom is -0.495 e. The number of ether oxygens (including phenoxy) is 4. The summed E-state index contributed by atoms with van der Waals surface area (Å²) in [5.74, 6) is 1.34. The van der Waals surface area contributed by atoms with Crippen molar-refractivity contribution in [2.45, 2.75) is 6.04 Å². The standard InChI is InChI=1S/C19H20N2O4.C3H8N2O2/c1-22-16-6-5-12(8-15(16)21)7-14(11-20)13-9-17(23-2)19(25-4)18(10-13)24-3;4-2(1-6)3(5)7/h5-10H,21H2,1-4H3;2,6H,1,4H2,(H2,5,7)/t;2-/m.1/s1. The van der Waals surface area contributed by atoms with Gasteiger partial charge in [-0.3, -0.25) is 4.79 Å². The molecule has 0 fully saturated rings. The number of hydrogen-bond donors (Lipinski definition) is 4. The molecular weight excluding hydrogens is 416 g/mol. The maximum Gasteiger partial charge on any atom is 0.236 e. The van der Waals surface area contributed by atoms with Crippen LogP contribution in [0.5, 0.6) is 23.0 Å². The molecule has 172 valence electrons. The zero-order valence-corrected chi connectivity index (χ0v) is 18.4. The van der Waals surface area contributed by atoms with Gasteiger partial charge in [0.2, 0.25) is 11.7 Å². The van der Waals surface area contributed by atoms with E-state index in [-0.39, 0.29) is 6.61 Å². The lowest BCUT2D eigenvalue weighted by atomic mass is 10.0. The van der Waals surface area contributed by atoms with Crippen molar-refractivity contribution in [3.05, 3.63) is 41.5 Å². The maximum atomic E-state index is 9.87. The Labute approximate surface area is 186 Å². The first-order chi connectivity index (χ1) is 15.3. The molecule has 10 heteroatoms. The van der Waals surface area contributed by atoms with E-state index in [9.17, 15) is 10.1 Å². The molecule has 2 aromatic rings. The van der Waals surface area contributed by atoms with Crippen LogP contribution in [0.1, 0.15) is 11.1 Å². The molecule has 1 amide bonds. The number of nitrogens with zero attached hydrogens (tertiary/aromatic N) is 1. The van der Waals surface area contributed by atoms with Gasteiger partial charge in [-0.1, -0.05) is 6.07 Å². The van der Waals surface area contributed by atoms with Gasteiger partial charge in [0.15, 0.2) is 11.5 Å². The second-order valence-electron chi connectivity index (χ2n) is 6.28. The Morgan fingerprint density at radius 1 is 1.06 bits per heavy atom. The summed E-state index contributed by atoms with van der Waals surface area (Å²) in [6.45, 7) is -0.380. The largest absolute Gasteiger partial charge is 0.495 e. The van der Waals surface area contributed by atoms with E-state index in [0.717, 1.165) is 5.56 Å². The van der Waals surface area contributed by atoms with Gasteiger partial charge in [0, 0.05) is 0 Å². The fourth-order valence-corrected chi connectivity index (χ4v) is 2.52. The average Bonchev–Trinajstić information content (AvgIpc) is 2.81. The van der Waals surface area contributed by atoms with Crippen LogP contribution < -0.4 is 36.1 Å². The molecule has 0 saturated heterocycles. The first kappa shape index (κ1) is 26.1. The summed E-state index contributed by atoms with van der Waals surface area (Å²) in [6, 6.07) is 10.1. The van der Waals surface area contributed by atoms with Crippen LogP contribution in [0.15, 0.2) is 30.3 Å². The molecule has 0 aliphatic carbocycles. The minimum atomic E-state index is -0.903. The fraction of sp³-hybridized carbons (Fsp3) is 0.273. The topological polar surface area (TPSA) is 176 Å². The van der Waals surface area contributed by atoms with Gasteiger partial charge in [-0.15, -0.1) is 0 Å². The number of aliphatic hydroxyl groups excluding tert-OH is 1. The van der Waals surface area contributed by atoms with Crippen molar-refractivity contribution in [2.24, 2.45) is 11.5 Å². The number of aliphatic hydroxyl groups is 1. The minimum absolute atomic E-state index is 0.380. The highest BCUT2D eigenvalue weighted by Crippen LogP contribution is 2.40. The van der Waals surface area contributed by atoms with E-state index in [2.05, 4.69) is 11.8 Å². The van der Waals surface area contributed by atoms with Crippen LogP contribution in [0.3, 0.4) is 0 Å². The number of rotatable bonds is 8. The van der Waals surface area contributed by atoms with E-state index in [1.165, 1.54) is 21.3 Å². The number of nitriles is 1. The highest BCUT2D eigenvalue weighted by atomic mass is 16.5. The van der Waals surface area contributed by atoms with E-state index in [4.69, 9.17) is 35.5 Å². The van der Waals surface area contributed by atoms with Gasteiger partial charge in [-0.05, 0) is 41.5 Å². The second-order valence-corrected chi connectivity index (χ2v) is 6.28. The molecule has 2 rings (SSSR count). The Kier molecular flexibility index (Phi) is 10.3. The monoisotopic (exact) mass is 444 g/mol. The first-order valence-corrected chi connectivity index (χ1v) is 9.27. The first-order valence-electron chi connectivity index (χ1n) is 9.27. The third-order valence-corrected chi connectivity index (χ3v) is 4.22. The number of allylic oxidation sites excluding steroid dienone is 1. The molecule has 0 heterocycles. The molecule has 10 nitrogen and oxygen atoms in total. The van der Waals surface area contributed by atoms with Crippen LogP contribution in [0.2, 0.25) is 0 Å². The molecule has 0 aliphatic rings. The number of carbonyl (C=O) groups excluding carboxylic acids is 1. The average molecular weight is 444 g/mol.